The van der Waals surface area contributed by atoms with Gasteiger partial charge in [0.25, 0.3) is 0 Å². The highest BCUT2D eigenvalue weighted by molar-refractivity contribution is 5.73. The van der Waals surface area contributed by atoms with Crippen LogP contribution in [0, 0.1) is 11.7 Å². The monoisotopic (exact) mass is 294 g/mol. The Bertz CT molecular complexity index is 481. The van der Waals surface area contributed by atoms with Gasteiger partial charge in [0.1, 0.15) is 5.82 Å². The smallest absolute Gasteiger partial charge is 0.317 e. The molecule has 1 aromatic rings. The van der Waals surface area contributed by atoms with E-state index in [1.54, 1.807) is 30.1 Å². The van der Waals surface area contributed by atoms with Gasteiger partial charge in [-0.1, -0.05) is 24.6 Å². The third-order valence-corrected chi connectivity index (χ3v) is 4.10. The number of amides is 2. The van der Waals surface area contributed by atoms with Gasteiger partial charge in [0.05, 0.1) is 6.10 Å². The summed E-state index contributed by atoms with van der Waals surface area (Å²) < 4.78 is 13.4. The number of halogens is 1. The van der Waals surface area contributed by atoms with Gasteiger partial charge < -0.3 is 15.3 Å². The summed E-state index contributed by atoms with van der Waals surface area (Å²) in [5.74, 6) is -0.0681. The van der Waals surface area contributed by atoms with Crippen LogP contribution in [0.25, 0.3) is 0 Å². The first kappa shape index (κ1) is 15.8. The minimum Gasteiger partial charge on any atom is -0.393 e. The van der Waals surface area contributed by atoms with Crippen LogP contribution in [-0.2, 0) is 6.42 Å². The Balaban J connectivity index is 1.72. The highest BCUT2D eigenvalue weighted by Crippen LogP contribution is 2.25. The molecule has 116 valence electrons. The van der Waals surface area contributed by atoms with Crippen molar-refractivity contribution >= 4 is 6.03 Å². The molecule has 5 heteroatoms. The summed E-state index contributed by atoms with van der Waals surface area (Å²) in [4.78, 5) is 13.5. The molecule has 1 aliphatic rings. The molecule has 2 rings (SSSR count). The van der Waals surface area contributed by atoms with Crippen LogP contribution in [0.5, 0.6) is 0 Å². The maximum absolute atomic E-state index is 13.4. The first-order chi connectivity index (χ1) is 10.1. The molecular formula is C16H23FN2O2. The van der Waals surface area contributed by atoms with E-state index in [9.17, 15) is 14.3 Å². The van der Waals surface area contributed by atoms with Crippen LogP contribution in [0.2, 0.25) is 0 Å². The van der Waals surface area contributed by atoms with E-state index in [1.165, 1.54) is 6.07 Å². The average Bonchev–Trinajstić information content (AvgIpc) is 2.86. The zero-order valence-corrected chi connectivity index (χ0v) is 12.4. The molecule has 1 aromatic carbocycles. The molecular weight excluding hydrogens is 271 g/mol. The molecule has 0 radical (unpaired) electrons. The van der Waals surface area contributed by atoms with E-state index in [2.05, 4.69) is 5.32 Å². The highest BCUT2D eigenvalue weighted by atomic mass is 19.1. The number of aliphatic hydroxyl groups is 1. The number of benzene rings is 1. The third kappa shape index (κ3) is 4.43. The molecule has 2 N–H and O–H groups in total. The summed E-state index contributed by atoms with van der Waals surface area (Å²) in [6.45, 7) is 0.962. The van der Waals surface area contributed by atoms with Crippen molar-refractivity contribution in [3.63, 3.8) is 0 Å². The molecule has 0 heterocycles. The molecule has 0 aromatic heterocycles. The van der Waals surface area contributed by atoms with Crippen LogP contribution in [0.15, 0.2) is 24.3 Å². The van der Waals surface area contributed by atoms with Crippen molar-refractivity contribution in [2.24, 2.45) is 5.92 Å². The largest absolute Gasteiger partial charge is 0.393 e. The van der Waals surface area contributed by atoms with Gasteiger partial charge in [-0.2, -0.15) is 0 Å². The second kappa shape index (κ2) is 7.41. The van der Waals surface area contributed by atoms with Crippen LogP contribution >= 0.6 is 0 Å². The number of carbonyl (C=O) groups excluding carboxylic acids is 1. The quantitative estimate of drug-likeness (QED) is 0.874. The second-order valence-electron chi connectivity index (χ2n) is 5.71. The predicted octanol–water partition coefficient (Wildman–Crippen LogP) is 2.17. The Labute approximate surface area is 125 Å². The predicted molar refractivity (Wildman–Crippen MR) is 79.5 cm³/mol. The number of hydrogen-bond donors (Lipinski definition) is 2. The summed E-state index contributed by atoms with van der Waals surface area (Å²) in [6.07, 6.45) is 2.99. The Kier molecular flexibility index (Phi) is 5.56. The summed E-state index contributed by atoms with van der Waals surface area (Å²) in [5, 5.41) is 12.6. The minimum absolute atomic E-state index is 0.173. The molecule has 2 unspecified atom stereocenters. The Morgan fingerprint density at radius 2 is 2.19 bits per heavy atom. The van der Waals surface area contributed by atoms with Gasteiger partial charge in [-0.25, -0.2) is 9.18 Å². The first-order valence-corrected chi connectivity index (χ1v) is 7.48. The van der Waals surface area contributed by atoms with Crippen molar-refractivity contribution in [1.82, 2.24) is 10.2 Å². The standard InChI is InChI=1S/C16H23FN2O2/c1-19(11-13-6-4-8-15(13)20)16(21)18-10-9-12-5-2-3-7-14(12)17/h2-3,5,7,13,15,20H,4,6,8-11H2,1H3,(H,18,21). The fourth-order valence-electron chi connectivity index (χ4n) is 2.81. The van der Waals surface area contributed by atoms with E-state index in [0.717, 1.165) is 19.3 Å². The average molecular weight is 294 g/mol. The lowest BCUT2D eigenvalue weighted by molar-refractivity contribution is 0.114. The number of hydrogen-bond acceptors (Lipinski definition) is 2. The van der Waals surface area contributed by atoms with Gasteiger partial charge in [-0.15, -0.1) is 0 Å². The highest BCUT2D eigenvalue weighted by Gasteiger charge is 2.27. The van der Waals surface area contributed by atoms with Crippen molar-refractivity contribution in [2.75, 3.05) is 20.1 Å². The molecule has 1 fully saturated rings. The van der Waals surface area contributed by atoms with Crippen molar-refractivity contribution in [3.8, 4) is 0 Å². The molecule has 0 saturated heterocycles. The SMILES string of the molecule is CN(CC1CCCC1O)C(=O)NCCc1ccccc1F. The number of nitrogens with zero attached hydrogens (tertiary/aromatic N) is 1. The zero-order valence-electron chi connectivity index (χ0n) is 12.4. The zero-order chi connectivity index (χ0) is 15.2. The van der Waals surface area contributed by atoms with Gasteiger partial charge in [0.15, 0.2) is 0 Å². The van der Waals surface area contributed by atoms with E-state index in [-0.39, 0.29) is 23.9 Å². The molecule has 21 heavy (non-hydrogen) atoms. The van der Waals surface area contributed by atoms with Gasteiger partial charge in [0.2, 0.25) is 0 Å². The van der Waals surface area contributed by atoms with Gasteiger partial charge in [-0.3, -0.25) is 0 Å². The molecule has 1 saturated carbocycles. The number of nitrogens with one attached hydrogen (secondary N) is 1. The molecule has 0 aliphatic heterocycles. The fraction of sp³-hybridized carbons (Fsp3) is 0.562. The lowest BCUT2D eigenvalue weighted by Crippen LogP contribution is -2.41. The normalized spacial score (nSPS) is 21.3. The number of aliphatic hydroxyl groups excluding tert-OH is 1. The lowest BCUT2D eigenvalue weighted by atomic mass is 10.1. The third-order valence-electron chi connectivity index (χ3n) is 4.10. The van der Waals surface area contributed by atoms with E-state index < -0.39 is 0 Å². The molecule has 0 bridgehead atoms. The van der Waals surface area contributed by atoms with Crippen LogP contribution in [-0.4, -0.2) is 42.3 Å². The summed E-state index contributed by atoms with van der Waals surface area (Å²) in [5.41, 5.74) is 0.603. The number of urea groups is 1. The van der Waals surface area contributed by atoms with E-state index in [4.69, 9.17) is 0 Å². The number of rotatable bonds is 5. The van der Waals surface area contributed by atoms with E-state index >= 15 is 0 Å². The molecule has 4 nitrogen and oxygen atoms in total. The van der Waals surface area contributed by atoms with Crippen LogP contribution in [0.4, 0.5) is 9.18 Å². The summed E-state index contributed by atoms with van der Waals surface area (Å²) in [7, 11) is 1.73. The Morgan fingerprint density at radius 3 is 2.86 bits per heavy atom. The van der Waals surface area contributed by atoms with Gasteiger partial charge in [0, 0.05) is 26.1 Å². The molecule has 2 atom stereocenters. The topological polar surface area (TPSA) is 52.6 Å². The van der Waals surface area contributed by atoms with Gasteiger partial charge >= 0.3 is 6.03 Å². The Morgan fingerprint density at radius 1 is 1.43 bits per heavy atom. The maximum Gasteiger partial charge on any atom is 0.317 e. The molecule has 2 amide bonds. The maximum atomic E-state index is 13.4. The number of carbonyl (C=O) groups is 1. The van der Waals surface area contributed by atoms with Crippen molar-refractivity contribution in [1.29, 1.82) is 0 Å². The van der Waals surface area contributed by atoms with Crippen LogP contribution in [0.1, 0.15) is 24.8 Å². The van der Waals surface area contributed by atoms with Gasteiger partial charge in [-0.05, 0) is 30.9 Å². The Hall–Kier alpha value is -1.62. The summed E-state index contributed by atoms with van der Waals surface area (Å²) in [6, 6.07) is 6.40. The van der Waals surface area contributed by atoms with Crippen LogP contribution < -0.4 is 5.32 Å². The lowest BCUT2D eigenvalue weighted by Gasteiger charge is -2.23. The van der Waals surface area contributed by atoms with Crippen LogP contribution in [0.3, 0.4) is 0 Å². The van der Waals surface area contributed by atoms with Crippen molar-refractivity contribution < 1.29 is 14.3 Å². The van der Waals surface area contributed by atoms with E-state index in [0.29, 0.717) is 25.1 Å². The molecule has 0 spiro atoms. The van der Waals surface area contributed by atoms with Crippen molar-refractivity contribution in [3.05, 3.63) is 35.6 Å². The molecule has 1 aliphatic carbocycles. The second-order valence-corrected chi connectivity index (χ2v) is 5.71. The van der Waals surface area contributed by atoms with Crippen molar-refractivity contribution in [2.45, 2.75) is 31.8 Å². The minimum atomic E-state index is -0.293. The fourth-order valence-corrected chi connectivity index (χ4v) is 2.81. The summed E-state index contributed by atoms with van der Waals surface area (Å²) >= 11 is 0. The first-order valence-electron chi connectivity index (χ1n) is 7.48. The van der Waals surface area contributed by atoms with E-state index in [1.807, 2.05) is 0 Å².